The first-order chi connectivity index (χ1) is 16.6. The van der Waals surface area contributed by atoms with Gasteiger partial charge in [0.15, 0.2) is 0 Å². The fourth-order valence-corrected chi connectivity index (χ4v) is 4.67. The summed E-state index contributed by atoms with van der Waals surface area (Å²) < 4.78 is 0. The van der Waals surface area contributed by atoms with Crippen LogP contribution in [-0.4, -0.2) is 23.5 Å². The molecule has 1 saturated heterocycles. The van der Waals surface area contributed by atoms with Crippen LogP contribution in [0.4, 0.5) is 5.69 Å². The highest BCUT2D eigenvalue weighted by Crippen LogP contribution is 2.36. The first kappa shape index (κ1) is 21.7. The van der Waals surface area contributed by atoms with Gasteiger partial charge in [0.25, 0.3) is 0 Å². The minimum absolute atomic E-state index is 0.145. The molecule has 0 spiro atoms. The molecule has 1 heterocycles. The van der Waals surface area contributed by atoms with E-state index in [-0.39, 0.29) is 24.0 Å². The van der Waals surface area contributed by atoms with Crippen molar-refractivity contribution in [2.45, 2.75) is 25.3 Å². The Morgan fingerprint density at radius 1 is 0.912 bits per heavy atom. The SMILES string of the molecule is O=C(Cc1ccc(N2CCCC2=O)cc1)NC(c1ccccc1)c1c(O)ccc2ccccc12. The summed E-state index contributed by atoms with van der Waals surface area (Å²) in [5.74, 6) is 0.143. The van der Waals surface area contributed by atoms with Gasteiger partial charge in [-0.2, -0.15) is 0 Å². The summed E-state index contributed by atoms with van der Waals surface area (Å²) in [5.41, 5.74) is 3.31. The maximum Gasteiger partial charge on any atom is 0.227 e. The number of anilines is 1. The van der Waals surface area contributed by atoms with Gasteiger partial charge in [-0.25, -0.2) is 0 Å². The summed E-state index contributed by atoms with van der Waals surface area (Å²) in [6, 6.07) is 28.2. The summed E-state index contributed by atoms with van der Waals surface area (Å²) in [6.45, 7) is 0.742. The van der Waals surface area contributed by atoms with Gasteiger partial charge in [-0.3, -0.25) is 9.59 Å². The summed E-state index contributed by atoms with van der Waals surface area (Å²) in [7, 11) is 0. The molecule has 1 fully saturated rings. The van der Waals surface area contributed by atoms with E-state index in [0.29, 0.717) is 12.0 Å². The minimum atomic E-state index is -0.499. The van der Waals surface area contributed by atoms with Crippen LogP contribution in [0, 0.1) is 0 Å². The fraction of sp³-hybridized carbons (Fsp3) is 0.172. The van der Waals surface area contributed by atoms with E-state index in [0.717, 1.165) is 40.6 Å². The summed E-state index contributed by atoms with van der Waals surface area (Å²) in [6.07, 6.45) is 1.67. The van der Waals surface area contributed by atoms with E-state index in [1.807, 2.05) is 84.9 Å². The van der Waals surface area contributed by atoms with Gasteiger partial charge in [-0.05, 0) is 46.5 Å². The highest BCUT2D eigenvalue weighted by Gasteiger charge is 2.23. The number of hydrogen-bond acceptors (Lipinski definition) is 3. The van der Waals surface area contributed by atoms with E-state index in [1.54, 1.807) is 11.0 Å². The molecule has 0 aromatic heterocycles. The molecule has 5 rings (SSSR count). The quantitative estimate of drug-likeness (QED) is 0.428. The molecule has 34 heavy (non-hydrogen) atoms. The Morgan fingerprint density at radius 3 is 2.38 bits per heavy atom. The van der Waals surface area contributed by atoms with Crippen LogP contribution in [0.5, 0.6) is 5.75 Å². The second-order valence-electron chi connectivity index (χ2n) is 8.62. The molecular weight excluding hydrogens is 424 g/mol. The van der Waals surface area contributed by atoms with Gasteiger partial charge in [0.05, 0.1) is 12.5 Å². The molecule has 0 bridgehead atoms. The molecule has 0 radical (unpaired) electrons. The second kappa shape index (κ2) is 9.40. The highest BCUT2D eigenvalue weighted by molar-refractivity contribution is 5.95. The van der Waals surface area contributed by atoms with E-state index in [2.05, 4.69) is 5.32 Å². The first-order valence-electron chi connectivity index (χ1n) is 11.5. The number of phenols is 1. The molecule has 1 aliphatic heterocycles. The number of nitrogens with one attached hydrogen (secondary N) is 1. The van der Waals surface area contributed by atoms with Crippen molar-refractivity contribution in [1.29, 1.82) is 0 Å². The van der Waals surface area contributed by atoms with Crippen molar-refractivity contribution in [3.05, 3.63) is 108 Å². The number of carbonyl (C=O) groups excluding carboxylic acids is 2. The molecule has 4 aromatic rings. The zero-order valence-electron chi connectivity index (χ0n) is 18.8. The average Bonchev–Trinajstić information content (AvgIpc) is 3.30. The summed E-state index contributed by atoms with van der Waals surface area (Å²) >= 11 is 0. The lowest BCUT2D eigenvalue weighted by molar-refractivity contribution is -0.121. The molecular formula is C29H26N2O3. The second-order valence-corrected chi connectivity index (χ2v) is 8.62. The van der Waals surface area contributed by atoms with Crippen molar-refractivity contribution in [1.82, 2.24) is 5.32 Å². The first-order valence-corrected chi connectivity index (χ1v) is 11.5. The van der Waals surface area contributed by atoms with Crippen LogP contribution >= 0.6 is 0 Å². The number of aromatic hydroxyl groups is 1. The lowest BCUT2D eigenvalue weighted by atomic mass is 9.92. The molecule has 1 unspecified atom stereocenters. The maximum atomic E-state index is 13.2. The van der Waals surface area contributed by atoms with Crippen LogP contribution in [-0.2, 0) is 16.0 Å². The van der Waals surface area contributed by atoms with Crippen LogP contribution < -0.4 is 10.2 Å². The zero-order valence-corrected chi connectivity index (χ0v) is 18.8. The molecule has 0 saturated carbocycles. The normalized spacial score (nSPS) is 14.4. The fourth-order valence-electron chi connectivity index (χ4n) is 4.67. The van der Waals surface area contributed by atoms with Gasteiger partial charge >= 0.3 is 0 Å². The molecule has 1 atom stereocenters. The lowest BCUT2D eigenvalue weighted by Gasteiger charge is -2.23. The molecule has 2 N–H and O–H groups in total. The molecule has 2 amide bonds. The van der Waals surface area contributed by atoms with Crippen LogP contribution in [0.1, 0.15) is 35.6 Å². The Morgan fingerprint density at radius 2 is 1.65 bits per heavy atom. The number of hydrogen-bond donors (Lipinski definition) is 2. The van der Waals surface area contributed by atoms with Crippen LogP contribution in [0.15, 0.2) is 91.0 Å². The smallest absolute Gasteiger partial charge is 0.227 e. The monoisotopic (exact) mass is 450 g/mol. The number of benzene rings is 4. The van der Waals surface area contributed by atoms with Crippen molar-refractivity contribution in [3.63, 3.8) is 0 Å². The minimum Gasteiger partial charge on any atom is -0.508 e. The van der Waals surface area contributed by atoms with E-state index in [1.165, 1.54) is 0 Å². The van der Waals surface area contributed by atoms with Gasteiger partial charge in [-0.1, -0.05) is 72.8 Å². The Balaban J connectivity index is 1.41. The Bertz CT molecular complexity index is 1330. The third-order valence-electron chi connectivity index (χ3n) is 6.36. The molecule has 1 aliphatic rings. The number of rotatable bonds is 6. The largest absolute Gasteiger partial charge is 0.508 e. The van der Waals surface area contributed by atoms with Gasteiger partial charge < -0.3 is 15.3 Å². The highest BCUT2D eigenvalue weighted by atomic mass is 16.3. The van der Waals surface area contributed by atoms with Crippen molar-refractivity contribution in [2.24, 2.45) is 0 Å². The van der Waals surface area contributed by atoms with E-state index < -0.39 is 6.04 Å². The Hall–Kier alpha value is -4.12. The lowest BCUT2D eigenvalue weighted by Crippen LogP contribution is -2.31. The molecule has 170 valence electrons. The van der Waals surface area contributed by atoms with Crippen LogP contribution in [0.25, 0.3) is 10.8 Å². The van der Waals surface area contributed by atoms with Gasteiger partial charge in [0.1, 0.15) is 5.75 Å². The van der Waals surface area contributed by atoms with E-state index in [4.69, 9.17) is 0 Å². The summed E-state index contributed by atoms with van der Waals surface area (Å²) in [4.78, 5) is 26.9. The third-order valence-corrected chi connectivity index (χ3v) is 6.36. The van der Waals surface area contributed by atoms with Crippen LogP contribution in [0.3, 0.4) is 0 Å². The standard InChI is InChI=1S/C29H26N2O3/c32-25-17-14-21-7-4-5-10-24(21)28(25)29(22-8-2-1-3-9-22)30-26(33)19-20-12-15-23(16-13-20)31-18-6-11-27(31)34/h1-5,7-10,12-17,29,32H,6,11,18-19H2,(H,30,33). The van der Waals surface area contributed by atoms with E-state index >= 15 is 0 Å². The Kier molecular flexibility index (Phi) is 6.00. The summed E-state index contributed by atoms with van der Waals surface area (Å²) in [5, 5.41) is 15.9. The van der Waals surface area contributed by atoms with Crippen molar-refractivity contribution in [2.75, 3.05) is 11.4 Å². The molecule has 0 aliphatic carbocycles. The zero-order chi connectivity index (χ0) is 23.5. The van der Waals surface area contributed by atoms with Crippen molar-refractivity contribution in [3.8, 4) is 5.75 Å². The predicted molar refractivity (Wildman–Crippen MR) is 134 cm³/mol. The van der Waals surface area contributed by atoms with Gasteiger partial charge in [0.2, 0.25) is 11.8 Å². The number of nitrogens with zero attached hydrogens (tertiary/aromatic N) is 1. The molecule has 5 nitrogen and oxygen atoms in total. The number of amides is 2. The average molecular weight is 451 g/mol. The maximum absolute atomic E-state index is 13.2. The third kappa shape index (κ3) is 4.37. The number of phenolic OH excluding ortho intramolecular Hbond substituents is 1. The molecule has 5 heteroatoms. The van der Waals surface area contributed by atoms with Gasteiger partial charge in [0, 0.05) is 24.2 Å². The Labute approximate surface area is 198 Å². The predicted octanol–water partition coefficient (Wildman–Crippen LogP) is 5.12. The van der Waals surface area contributed by atoms with Crippen molar-refractivity contribution < 1.29 is 14.7 Å². The van der Waals surface area contributed by atoms with Crippen molar-refractivity contribution >= 4 is 28.3 Å². The number of fused-ring (bicyclic) bond motifs is 1. The number of carbonyl (C=O) groups is 2. The van der Waals surface area contributed by atoms with E-state index in [9.17, 15) is 14.7 Å². The molecule has 4 aromatic carbocycles. The van der Waals surface area contributed by atoms with Crippen LogP contribution in [0.2, 0.25) is 0 Å². The van der Waals surface area contributed by atoms with Gasteiger partial charge in [-0.15, -0.1) is 0 Å². The topological polar surface area (TPSA) is 69.6 Å².